The first-order valence-corrected chi connectivity index (χ1v) is 7.90. The van der Waals surface area contributed by atoms with E-state index >= 15 is 0 Å². The summed E-state index contributed by atoms with van der Waals surface area (Å²) in [5.41, 5.74) is 2.35. The Bertz CT molecular complexity index is 865. The first kappa shape index (κ1) is 14.9. The van der Waals surface area contributed by atoms with Crippen molar-refractivity contribution in [3.63, 3.8) is 0 Å². The van der Waals surface area contributed by atoms with Gasteiger partial charge in [0.15, 0.2) is 17.2 Å². The van der Waals surface area contributed by atoms with Gasteiger partial charge in [0.2, 0.25) is 0 Å². The van der Waals surface area contributed by atoms with Crippen LogP contribution in [-0.4, -0.2) is 41.0 Å². The van der Waals surface area contributed by atoms with Crippen molar-refractivity contribution in [2.24, 2.45) is 0 Å². The van der Waals surface area contributed by atoms with Crippen LogP contribution in [-0.2, 0) is 4.74 Å². The highest BCUT2D eigenvalue weighted by atomic mass is 19.1. The predicted octanol–water partition coefficient (Wildman–Crippen LogP) is 2.75. The number of anilines is 1. The summed E-state index contributed by atoms with van der Waals surface area (Å²) in [4.78, 5) is 4.60. The Balaban J connectivity index is 1.80. The highest BCUT2D eigenvalue weighted by Crippen LogP contribution is 2.29. The molecule has 0 spiro atoms. The van der Waals surface area contributed by atoms with E-state index in [1.54, 1.807) is 22.8 Å². The fourth-order valence-electron chi connectivity index (χ4n) is 2.65. The van der Waals surface area contributed by atoms with Crippen LogP contribution < -0.4 is 10.1 Å². The smallest absolute Gasteiger partial charge is 0.165 e. The summed E-state index contributed by atoms with van der Waals surface area (Å²) in [6, 6.07) is 6.67. The fourth-order valence-corrected chi connectivity index (χ4v) is 2.65. The van der Waals surface area contributed by atoms with Gasteiger partial charge in [-0.25, -0.2) is 13.9 Å². The van der Waals surface area contributed by atoms with E-state index in [1.165, 1.54) is 6.07 Å². The van der Waals surface area contributed by atoms with Gasteiger partial charge in [-0.2, -0.15) is 5.10 Å². The van der Waals surface area contributed by atoms with E-state index in [9.17, 15) is 4.39 Å². The van der Waals surface area contributed by atoms with Gasteiger partial charge in [-0.1, -0.05) is 6.07 Å². The second-order valence-electron chi connectivity index (χ2n) is 5.53. The van der Waals surface area contributed by atoms with Crippen LogP contribution in [0, 0.1) is 5.82 Å². The summed E-state index contributed by atoms with van der Waals surface area (Å²) >= 11 is 0. The van der Waals surface area contributed by atoms with Gasteiger partial charge in [0.05, 0.1) is 19.4 Å². The molecule has 1 N–H and O–H groups in total. The first-order valence-electron chi connectivity index (χ1n) is 7.90. The van der Waals surface area contributed by atoms with Crippen molar-refractivity contribution in [3.8, 4) is 16.9 Å². The van der Waals surface area contributed by atoms with Gasteiger partial charge in [-0.05, 0) is 23.8 Å². The molecule has 0 amide bonds. The van der Waals surface area contributed by atoms with E-state index in [4.69, 9.17) is 9.47 Å². The topological polar surface area (TPSA) is 60.7 Å². The number of nitrogens with one attached hydrogen (secondary N) is 1. The Morgan fingerprint density at radius 2 is 2.12 bits per heavy atom. The number of benzene rings is 1. The second-order valence-corrected chi connectivity index (χ2v) is 5.53. The SMILES string of the molecule is Fc1ccc2cc1OCCCOCCNc1ccn3ncc-2c3n1. The minimum Gasteiger partial charge on any atom is -0.490 e. The third-order valence-corrected chi connectivity index (χ3v) is 3.85. The average Bonchev–Trinajstić information content (AvgIpc) is 3.01. The molecule has 2 aromatic heterocycles. The second kappa shape index (κ2) is 6.45. The standard InChI is InChI=1S/C17H17FN4O2/c18-14-3-2-12-10-15(14)24-8-1-7-23-9-5-19-16-4-6-22-17(21-16)13(12)11-20-22/h2-4,6,10-11H,1,5,7-9H2,(H,19,21). The van der Waals surface area contributed by atoms with E-state index < -0.39 is 0 Å². The van der Waals surface area contributed by atoms with E-state index in [1.807, 2.05) is 12.3 Å². The Kier molecular flexibility index (Phi) is 4.00. The summed E-state index contributed by atoms with van der Waals surface area (Å²) in [7, 11) is 0. The van der Waals surface area contributed by atoms with E-state index in [0.717, 1.165) is 16.9 Å². The monoisotopic (exact) mass is 328 g/mol. The molecule has 6 nitrogen and oxygen atoms in total. The van der Waals surface area contributed by atoms with Gasteiger partial charge in [0.1, 0.15) is 5.82 Å². The summed E-state index contributed by atoms with van der Waals surface area (Å²) < 4.78 is 26.8. The maximum Gasteiger partial charge on any atom is 0.165 e. The first-order chi connectivity index (χ1) is 11.8. The quantitative estimate of drug-likeness (QED) is 0.687. The van der Waals surface area contributed by atoms with Gasteiger partial charge in [0, 0.05) is 31.3 Å². The summed E-state index contributed by atoms with van der Waals surface area (Å²) in [5, 5.41) is 7.54. The third kappa shape index (κ3) is 2.90. The predicted molar refractivity (Wildman–Crippen MR) is 87.8 cm³/mol. The zero-order valence-corrected chi connectivity index (χ0v) is 13.0. The maximum absolute atomic E-state index is 14.0. The number of hydrogen-bond acceptors (Lipinski definition) is 5. The molecular formula is C17H17FN4O2. The Hall–Kier alpha value is -2.67. The molecule has 4 rings (SSSR count). The van der Waals surface area contributed by atoms with Crippen molar-refractivity contribution in [2.75, 3.05) is 31.7 Å². The van der Waals surface area contributed by atoms with Gasteiger partial charge >= 0.3 is 0 Å². The fraction of sp³-hybridized carbons (Fsp3) is 0.294. The Morgan fingerprint density at radius 3 is 3.08 bits per heavy atom. The molecule has 124 valence electrons. The van der Waals surface area contributed by atoms with Gasteiger partial charge in [-0.3, -0.25) is 0 Å². The number of halogens is 1. The molecule has 0 fully saturated rings. The molecule has 0 unspecified atom stereocenters. The number of hydrogen-bond donors (Lipinski definition) is 1. The minimum atomic E-state index is -0.379. The highest BCUT2D eigenvalue weighted by molar-refractivity contribution is 5.78. The van der Waals surface area contributed by atoms with E-state index in [-0.39, 0.29) is 11.6 Å². The van der Waals surface area contributed by atoms with Crippen molar-refractivity contribution < 1.29 is 13.9 Å². The van der Waals surface area contributed by atoms with Crippen LogP contribution in [0.1, 0.15) is 6.42 Å². The van der Waals surface area contributed by atoms with Crippen LogP contribution in [0.15, 0.2) is 36.7 Å². The summed E-state index contributed by atoms with van der Waals surface area (Å²) in [6.45, 7) is 2.21. The third-order valence-electron chi connectivity index (χ3n) is 3.85. The Morgan fingerprint density at radius 1 is 1.17 bits per heavy atom. The van der Waals surface area contributed by atoms with Crippen molar-refractivity contribution in [1.29, 1.82) is 0 Å². The summed E-state index contributed by atoms with van der Waals surface area (Å²) in [6.07, 6.45) is 4.27. The van der Waals surface area contributed by atoms with Gasteiger partial charge in [0.25, 0.3) is 0 Å². The normalized spacial score (nSPS) is 15.4. The molecule has 3 aromatic rings. The molecule has 4 bridgehead atoms. The molecular weight excluding hydrogens is 311 g/mol. The molecule has 0 saturated carbocycles. The lowest BCUT2D eigenvalue weighted by molar-refractivity contribution is 0.127. The highest BCUT2D eigenvalue weighted by Gasteiger charge is 2.12. The average molecular weight is 328 g/mol. The van der Waals surface area contributed by atoms with Crippen molar-refractivity contribution in [1.82, 2.24) is 14.6 Å². The van der Waals surface area contributed by atoms with Crippen LogP contribution in [0.2, 0.25) is 0 Å². The van der Waals surface area contributed by atoms with Crippen molar-refractivity contribution >= 4 is 11.5 Å². The molecule has 3 heterocycles. The molecule has 1 aromatic carbocycles. The lowest BCUT2D eigenvalue weighted by Crippen LogP contribution is -2.12. The molecule has 0 aliphatic carbocycles. The van der Waals surface area contributed by atoms with E-state index in [2.05, 4.69) is 15.4 Å². The zero-order valence-electron chi connectivity index (χ0n) is 13.0. The number of rotatable bonds is 0. The molecule has 0 atom stereocenters. The number of fused-ring (bicyclic) bond motifs is 4. The maximum atomic E-state index is 14.0. The largest absolute Gasteiger partial charge is 0.490 e. The number of aromatic nitrogens is 3. The van der Waals surface area contributed by atoms with Crippen LogP contribution >= 0.6 is 0 Å². The van der Waals surface area contributed by atoms with Crippen molar-refractivity contribution in [3.05, 3.63) is 42.5 Å². The lowest BCUT2D eigenvalue weighted by Gasteiger charge is -2.09. The Labute approximate surface area is 138 Å². The van der Waals surface area contributed by atoms with Crippen LogP contribution in [0.5, 0.6) is 5.75 Å². The molecule has 0 saturated heterocycles. The van der Waals surface area contributed by atoms with Crippen LogP contribution in [0.3, 0.4) is 0 Å². The van der Waals surface area contributed by atoms with E-state index in [0.29, 0.717) is 38.4 Å². The zero-order chi connectivity index (χ0) is 16.4. The molecule has 1 aliphatic rings. The number of nitrogens with zero attached hydrogens (tertiary/aromatic N) is 3. The molecule has 24 heavy (non-hydrogen) atoms. The van der Waals surface area contributed by atoms with Crippen LogP contribution in [0.25, 0.3) is 16.8 Å². The molecule has 7 heteroatoms. The lowest BCUT2D eigenvalue weighted by atomic mass is 10.1. The summed E-state index contributed by atoms with van der Waals surface area (Å²) in [5.74, 6) is 0.605. The number of ether oxygens (including phenoxy) is 2. The molecule has 1 aliphatic heterocycles. The van der Waals surface area contributed by atoms with Gasteiger partial charge in [-0.15, -0.1) is 0 Å². The molecule has 0 radical (unpaired) electrons. The van der Waals surface area contributed by atoms with Gasteiger partial charge < -0.3 is 14.8 Å². The van der Waals surface area contributed by atoms with Crippen molar-refractivity contribution in [2.45, 2.75) is 6.42 Å². The minimum absolute atomic E-state index is 0.232. The van der Waals surface area contributed by atoms with Crippen LogP contribution in [0.4, 0.5) is 10.2 Å².